The van der Waals surface area contributed by atoms with Crippen LogP contribution in [0.25, 0.3) is 0 Å². The molecule has 0 unspecified atom stereocenters. The molecule has 0 radical (unpaired) electrons. The molecule has 0 aromatic heterocycles. The molecule has 4 aliphatic carbocycles. The van der Waals surface area contributed by atoms with Gasteiger partial charge in [0.05, 0.1) is 12.1 Å². The van der Waals surface area contributed by atoms with Crippen LogP contribution in [-0.2, 0) is 4.79 Å². The predicted octanol–water partition coefficient (Wildman–Crippen LogP) is 2.87. The molecule has 114 valence electrons. The number of hydrogen-bond acceptors (Lipinski definition) is 2. The minimum absolute atomic E-state index is 0.0537. The number of carbonyl (C=O) groups is 1. The predicted molar refractivity (Wildman–Crippen MR) is 79.1 cm³/mol. The van der Waals surface area contributed by atoms with Gasteiger partial charge < -0.3 is 10.4 Å². The molecule has 0 aliphatic heterocycles. The van der Waals surface area contributed by atoms with Crippen LogP contribution in [0, 0.1) is 23.2 Å². The summed E-state index contributed by atoms with van der Waals surface area (Å²) >= 11 is 0. The number of aliphatic hydroxyl groups is 1. The van der Waals surface area contributed by atoms with E-state index in [4.69, 9.17) is 0 Å². The second-order valence-corrected chi connectivity index (χ2v) is 7.80. The van der Waals surface area contributed by atoms with Crippen LogP contribution in [-0.4, -0.2) is 23.2 Å². The van der Waals surface area contributed by atoms with Crippen LogP contribution in [0.15, 0.2) is 0 Å². The molecule has 4 rings (SSSR count). The fourth-order valence-corrected chi connectivity index (χ4v) is 5.45. The lowest BCUT2D eigenvalue weighted by Crippen LogP contribution is -2.59. The van der Waals surface area contributed by atoms with Crippen molar-refractivity contribution < 1.29 is 9.90 Å². The Kier molecular flexibility index (Phi) is 3.60. The fraction of sp³-hybridized carbons (Fsp3) is 0.941. The summed E-state index contributed by atoms with van der Waals surface area (Å²) < 4.78 is 0. The van der Waals surface area contributed by atoms with Crippen LogP contribution in [0.3, 0.4) is 0 Å². The summed E-state index contributed by atoms with van der Waals surface area (Å²) in [6, 6.07) is 0. The molecule has 0 saturated heterocycles. The van der Waals surface area contributed by atoms with Gasteiger partial charge in [0.25, 0.3) is 0 Å². The summed E-state index contributed by atoms with van der Waals surface area (Å²) in [6.07, 6.45) is 8.98. The fourth-order valence-electron chi connectivity index (χ4n) is 5.45. The van der Waals surface area contributed by atoms with Crippen LogP contribution in [0.1, 0.15) is 65.2 Å². The van der Waals surface area contributed by atoms with Gasteiger partial charge in [-0.25, -0.2) is 0 Å². The number of hydrogen-bond donors (Lipinski definition) is 2. The molecule has 2 N–H and O–H groups in total. The highest BCUT2D eigenvalue weighted by Gasteiger charge is 2.55. The smallest absolute Gasteiger partial charge is 0.226 e. The van der Waals surface area contributed by atoms with E-state index < -0.39 is 5.54 Å². The van der Waals surface area contributed by atoms with E-state index >= 15 is 0 Å². The zero-order valence-electron chi connectivity index (χ0n) is 13.0. The Balaban J connectivity index is 1.77. The minimum atomic E-state index is -0.402. The maximum Gasteiger partial charge on any atom is 0.226 e. The number of aliphatic hydroxyl groups excluding tert-OH is 1. The molecule has 1 amide bonds. The van der Waals surface area contributed by atoms with Gasteiger partial charge in [0.15, 0.2) is 0 Å². The molecule has 0 atom stereocenters. The van der Waals surface area contributed by atoms with Crippen LogP contribution >= 0.6 is 0 Å². The lowest BCUT2D eigenvalue weighted by Gasteiger charge is -2.56. The van der Waals surface area contributed by atoms with Gasteiger partial charge >= 0.3 is 0 Å². The first-order valence-electron chi connectivity index (χ1n) is 8.48. The molecule has 4 bridgehead atoms. The monoisotopic (exact) mass is 279 g/mol. The highest BCUT2D eigenvalue weighted by molar-refractivity contribution is 5.84. The Bertz CT molecular complexity index is 343. The zero-order chi connectivity index (χ0) is 14.4. The molecule has 4 saturated carbocycles. The van der Waals surface area contributed by atoms with Gasteiger partial charge in [-0.1, -0.05) is 13.8 Å². The molecule has 4 aliphatic rings. The van der Waals surface area contributed by atoms with Crippen LogP contribution in [0.4, 0.5) is 0 Å². The summed E-state index contributed by atoms with van der Waals surface area (Å²) in [6.45, 7) is 4.16. The molecule has 3 nitrogen and oxygen atoms in total. The van der Waals surface area contributed by atoms with Gasteiger partial charge in [-0.3, -0.25) is 4.79 Å². The van der Waals surface area contributed by atoms with Gasteiger partial charge in [0.2, 0.25) is 5.91 Å². The van der Waals surface area contributed by atoms with Gasteiger partial charge in [0.1, 0.15) is 0 Å². The summed E-state index contributed by atoms with van der Waals surface area (Å²) in [7, 11) is 0. The van der Waals surface area contributed by atoms with Crippen LogP contribution in [0.5, 0.6) is 0 Å². The molecule has 0 spiro atoms. The Morgan fingerprint density at radius 1 is 1.10 bits per heavy atom. The van der Waals surface area contributed by atoms with E-state index in [2.05, 4.69) is 19.2 Å². The Morgan fingerprint density at radius 3 is 1.90 bits per heavy atom. The number of carbonyl (C=O) groups excluding carboxylic acids is 1. The molecule has 0 aromatic carbocycles. The first-order valence-corrected chi connectivity index (χ1v) is 8.48. The molecule has 20 heavy (non-hydrogen) atoms. The van der Waals surface area contributed by atoms with Crippen molar-refractivity contribution in [3.05, 3.63) is 0 Å². The molecular weight excluding hydrogens is 250 g/mol. The van der Waals surface area contributed by atoms with Crippen LogP contribution < -0.4 is 5.32 Å². The summed E-state index contributed by atoms with van der Waals surface area (Å²) in [5, 5.41) is 12.9. The highest BCUT2D eigenvalue weighted by Crippen LogP contribution is 2.60. The minimum Gasteiger partial charge on any atom is -0.394 e. The quantitative estimate of drug-likeness (QED) is 0.813. The van der Waals surface area contributed by atoms with E-state index in [-0.39, 0.29) is 17.9 Å². The van der Waals surface area contributed by atoms with E-state index in [1.165, 1.54) is 19.3 Å². The van der Waals surface area contributed by atoms with Crippen molar-refractivity contribution in [2.45, 2.75) is 70.8 Å². The van der Waals surface area contributed by atoms with E-state index in [0.29, 0.717) is 0 Å². The van der Waals surface area contributed by atoms with Crippen molar-refractivity contribution in [2.75, 3.05) is 6.61 Å². The van der Waals surface area contributed by atoms with E-state index in [1.807, 2.05) is 0 Å². The third kappa shape index (κ3) is 2.18. The van der Waals surface area contributed by atoms with Crippen molar-refractivity contribution >= 4 is 5.91 Å². The van der Waals surface area contributed by atoms with Crippen molar-refractivity contribution in [3.8, 4) is 0 Å². The second kappa shape index (κ2) is 5.01. The standard InChI is InChI=1S/C17H29NO2/c1-3-17(4-2,11-19)18-15(20)16-8-12-5-13(9-16)7-14(6-12)10-16/h12-14,19H,3-11H2,1-2H3,(H,18,20). The SMILES string of the molecule is CCC(CC)(CO)NC(=O)C12CC3CC(CC(C3)C1)C2. The molecule has 0 heterocycles. The second-order valence-electron chi connectivity index (χ2n) is 7.80. The summed E-state index contributed by atoms with van der Waals surface area (Å²) in [5.74, 6) is 2.62. The van der Waals surface area contributed by atoms with Crippen molar-refractivity contribution in [2.24, 2.45) is 23.2 Å². The largest absolute Gasteiger partial charge is 0.394 e. The Morgan fingerprint density at radius 2 is 1.55 bits per heavy atom. The van der Waals surface area contributed by atoms with Crippen LogP contribution in [0.2, 0.25) is 0 Å². The number of rotatable bonds is 5. The van der Waals surface area contributed by atoms with Gasteiger partial charge in [-0.15, -0.1) is 0 Å². The number of amides is 1. The van der Waals surface area contributed by atoms with Crippen molar-refractivity contribution in [3.63, 3.8) is 0 Å². The van der Waals surface area contributed by atoms with E-state index in [0.717, 1.165) is 49.9 Å². The molecular formula is C17H29NO2. The molecule has 0 aromatic rings. The van der Waals surface area contributed by atoms with E-state index in [9.17, 15) is 9.90 Å². The summed E-state index contributed by atoms with van der Waals surface area (Å²) in [5.41, 5.74) is -0.500. The third-order valence-corrected chi connectivity index (χ3v) is 6.55. The van der Waals surface area contributed by atoms with Crippen molar-refractivity contribution in [1.82, 2.24) is 5.32 Å². The first kappa shape index (κ1) is 14.4. The normalized spacial score (nSPS) is 39.0. The highest BCUT2D eigenvalue weighted by atomic mass is 16.3. The lowest BCUT2D eigenvalue weighted by molar-refractivity contribution is -0.149. The van der Waals surface area contributed by atoms with Gasteiger partial charge in [0, 0.05) is 5.41 Å². The first-order chi connectivity index (χ1) is 9.54. The van der Waals surface area contributed by atoms with Gasteiger partial charge in [-0.2, -0.15) is 0 Å². The topological polar surface area (TPSA) is 49.3 Å². The van der Waals surface area contributed by atoms with Crippen molar-refractivity contribution in [1.29, 1.82) is 0 Å². The Labute approximate surface area is 122 Å². The average Bonchev–Trinajstić information content (AvgIpc) is 2.43. The lowest BCUT2D eigenvalue weighted by atomic mass is 9.49. The molecule has 3 heteroatoms. The maximum atomic E-state index is 13.0. The summed E-state index contributed by atoms with van der Waals surface area (Å²) in [4.78, 5) is 13.0. The average molecular weight is 279 g/mol. The third-order valence-electron chi connectivity index (χ3n) is 6.55. The number of nitrogens with one attached hydrogen (secondary N) is 1. The Hall–Kier alpha value is -0.570. The van der Waals surface area contributed by atoms with Gasteiger partial charge in [-0.05, 0) is 69.1 Å². The molecule has 4 fully saturated rings. The zero-order valence-corrected chi connectivity index (χ0v) is 13.0. The maximum absolute atomic E-state index is 13.0. The van der Waals surface area contributed by atoms with E-state index in [1.54, 1.807) is 0 Å².